The summed E-state index contributed by atoms with van der Waals surface area (Å²) in [5, 5.41) is 3.47. The lowest BCUT2D eigenvalue weighted by Gasteiger charge is -2.17. The molecule has 0 N–H and O–H groups in total. The molecule has 0 unspecified atom stereocenters. The van der Waals surface area contributed by atoms with Crippen molar-refractivity contribution >= 4 is 41.7 Å². The van der Waals surface area contributed by atoms with Gasteiger partial charge < -0.3 is 23.8 Å². The van der Waals surface area contributed by atoms with Crippen LogP contribution in [0.3, 0.4) is 0 Å². The number of halogens is 5. The Morgan fingerprint density at radius 2 is 1.39 bits per heavy atom. The number of oxime groups is 1. The summed E-state index contributed by atoms with van der Waals surface area (Å²) in [5.41, 5.74) is 1.30. The summed E-state index contributed by atoms with van der Waals surface area (Å²) in [7, 11) is 0. The molecule has 0 saturated heterocycles. The number of benzene rings is 2. The summed E-state index contributed by atoms with van der Waals surface area (Å²) in [6.07, 6.45) is -9.80. The Kier molecular flexibility index (Phi) is 17.4. The van der Waals surface area contributed by atoms with Crippen molar-refractivity contribution in [3.63, 3.8) is 0 Å². The van der Waals surface area contributed by atoms with E-state index in [0.717, 1.165) is 9.79 Å². The second-order valence-electron chi connectivity index (χ2n) is 9.30. The SMILES string of the molecule is C/C(=N\OC(=O)CCC(=O)OCCOC(F)(F)COCC(F)(F)F)C(=O)c1ccc(Sc2ccc(OC=O)cc2)cc1.C=C(C)C. The number of alkyl halides is 5. The van der Waals surface area contributed by atoms with E-state index in [0.29, 0.717) is 12.2 Å². The number of carbonyl (C=O) groups is 4. The van der Waals surface area contributed by atoms with Crippen LogP contribution in [0, 0.1) is 0 Å². The zero-order valence-corrected chi connectivity index (χ0v) is 25.9. The average Bonchev–Trinajstić information content (AvgIpc) is 2.97. The van der Waals surface area contributed by atoms with Crippen molar-refractivity contribution in [3.8, 4) is 5.75 Å². The molecule has 2 aromatic carbocycles. The normalized spacial score (nSPS) is 11.5. The topological polar surface area (TPSA) is 127 Å². The van der Waals surface area contributed by atoms with Crippen LogP contribution in [0.5, 0.6) is 5.75 Å². The highest BCUT2D eigenvalue weighted by Crippen LogP contribution is 2.29. The van der Waals surface area contributed by atoms with Crippen molar-refractivity contribution in [2.24, 2.45) is 5.16 Å². The molecule has 2 rings (SSSR count). The summed E-state index contributed by atoms with van der Waals surface area (Å²) in [5.74, 6) is -2.06. The van der Waals surface area contributed by atoms with E-state index in [2.05, 4.69) is 30.8 Å². The largest absolute Gasteiger partial charge is 0.463 e. The van der Waals surface area contributed by atoms with Crippen molar-refractivity contribution in [3.05, 3.63) is 66.2 Å². The molecular weight excluding hydrogens is 645 g/mol. The summed E-state index contributed by atoms with van der Waals surface area (Å²) >= 11 is 1.40. The predicted molar refractivity (Wildman–Crippen MR) is 156 cm³/mol. The molecule has 0 saturated carbocycles. The highest BCUT2D eigenvalue weighted by atomic mass is 32.2. The van der Waals surface area contributed by atoms with E-state index in [9.17, 15) is 41.1 Å². The van der Waals surface area contributed by atoms with E-state index in [4.69, 9.17) is 4.74 Å². The Labute approximate surface area is 265 Å². The Hall–Kier alpha value is -4.15. The Bertz CT molecular complexity index is 1330. The molecule has 0 heterocycles. The summed E-state index contributed by atoms with van der Waals surface area (Å²) in [4.78, 5) is 52.7. The van der Waals surface area contributed by atoms with E-state index in [-0.39, 0.29) is 11.3 Å². The van der Waals surface area contributed by atoms with Gasteiger partial charge in [0.1, 0.15) is 31.3 Å². The maximum atomic E-state index is 13.3. The number of ketones is 1. The van der Waals surface area contributed by atoms with Gasteiger partial charge in [0.25, 0.3) is 6.47 Å². The van der Waals surface area contributed by atoms with Gasteiger partial charge in [0.05, 0.1) is 19.4 Å². The van der Waals surface area contributed by atoms with Crippen LogP contribution in [-0.4, -0.2) is 68.6 Å². The smallest absolute Gasteiger partial charge is 0.411 e. The third-order valence-corrected chi connectivity index (χ3v) is 5.72. The summed E-state index contributed by atoms with van der Waals surface area (Å²) in [6, 6.07) is 13.3. The van der Waals surface area contributed by atoms with Gasteiger partial charge in [-0.05, 0) is 69.3 Å². The maximum Gasteiger partial charge on any atom is 0.411 e. The second-order valence-corrected chi connectivity index (χ2v) is 10.4. The minimum absolute atomic E-state index is 0.144. The molecule has 0 bridgehead atoms. The number of hydrogen-bond acceptors (Lipinski definition) is 11. The lowest BCUT2D eigenvalue weighted by molar-refractivity contribution is -0.280. The second kappa shape index (κ2) is 20.1. The quantitative estimate of drug-likeness (QED) is 0.0209. The van der Waals surface area contributed by atoms with E-state index in [1.54, 1.807) is 48.5 Å². The van der Waals surface area contributed by atoms with Gasteiger partial charge in [-0.3, -0.25) is 14.4 Å². The molecule has 252 valence electrons. The molecule has 0 spiro atoms. The minimum atomic E-state index is -4.77. The van der Waals surface area contributed by atoms with E-state index >= 15 is 0 Å². The van der Waals surface area contributed by atoms with Gasteiger partial charge in [0.15, 0.2) is 0 Å². The number of rotatable bonds is 17. The van der Waals surface area contributed by atoms with Crippen LogP contribution in [-0.2, 0) is 33.4 Å². The lowest BCUT2D eigenvalue weighted by atomic mass is 10.1. The third kappa shape index (κ3) is 18.6. The maximum absolute atomic E-state index is 13.3. The Balaban J connectivity index is 0.00000249. The van der Waals surface area contributed by atoms with Crippen molar-refractivity contribution in [1.82, 2.24) is 0 Å². The first-order chi connectivity index (χ1) is 21.5. The first kappa shape index (κ1) is 39.9. The van der Waals surface area contributed by atoms with Gasteiger partial charge in [-0.2, -0.15) is 22.0 Å². The van der Waals surface area contributed by atoms with Gasteiger partial charge in [-0.1, -0.05) is 22.5 Å². The van der Waals surface area contributed by atoms with Crippen LogP contribution in [0.4, 0.5) is 22.0 Å². The van der Waals surface area contributed by atoms with Crippen LogP contribution >= 0.6 is 11.8 Å². The fourth-order valence-electron chi connectivity index (χ4n) is 2.82. The summed E-state index contributed by atoms with van der Waals surface area (Å²) in [6.45, 7) is 4.13. The molecule has 16 heteroatoms. The first-order valence-electron chi connectivity index (χ1n) is 13.2. The molecule has 0 radical (unpaired) electrons. The number of nitrogens with zero attached hydrogens (tertiary/aromatic N) is 1. The van der Waals surface area contributed by atoms with E-state index in [1.165, 1.54) is 24.3 Å². The lowest BCUT2D eigenvalue weighted by Crippen LogP contribution is -2.31. The zero-order valence-electron chi connectivity index (χ0n) is 25.1. The molecule has 0 aromatic heterocycles. The van der Waals surface area contributed by atoms with Gasteiger partial charge in [0, 0.05) is 15.4 Å². The molecule has 46 heavy (non-hydrogen) atoms. The van der Waals surface area contributed by atoms with E-state index in [1.807, 2.05) is 13.8 Å². The molecule has 0 fully saturated rings. The van der Waals surface area contributed by atoms with Crippen LogP contribution in [0.15, 0.2) is 75.6 Å². The number of Topliss-reactive ketones (excluding diaryl/α,β-unsaturated/α-hetero) is 1. The standard InChI is InChI=1S/C26H24F5NO9S.C4H8/c1-17(24(36)18-2-6-20(7-3-18)42-21-8-4-19(5-9-21)39-16-33)32-41-23(35)11-10-22(34)38-12-13-40-26(30,31)15-37-14-25(27,28)29;1-4(2)3/h2-9,16H,10-15H2,1H3;1H2,2-3H3/b32-17+;. The van der Waals surface area contributed by atoms with Crippen LogP contribution in [0.1, 0.15) is 44.0 Å². The number of esters is 1. The van der Waals surface area contributed by atoms with Gasteiger partial charge in [-0.15, -0.1) is 6.58 Å². The van der Waals surface area contributed by atoms with Crippen molar-refractivity contribution < 1.29 is 64.9 Å². The minimum Gasteiger partial charge on any atom is -0.463 e. The summed E-state index contributed by atoms with van der Waals surface area (Å²) < 4.78 is 79.4. The molecule has 0 aliphatic heterocycles. The molecule has 0 atom stereocenters. The molecule has 2 aromatic rings. The Morgan fingerprint density at radius 1 is 0.848 bits per heavy atom. The van der Waals surface area contributed by atoms with Crippen LogP contribution < -0.4 is 4.74 Å². The van der Waals surface area contributed by atoms with Crippen molar-refractivity contribution in [2.75, 3.05) is 26.4 Å². The number of ether oxygens (including phenoxy) is 4. The van der Waals surface area contributed by atoms with Gasteiger partial charge >= 0.3 is 24.2 Å². The van der Waals surface area contributed by atoms with Gasteiger partial charge in [0.2, 0.25) is 5.78 Å². The molecular formula is C30H32F5NO9S. The highest BCUT2D eigenvalue weighted by molar-refractivity contribution is 7.99. The number of carbonyl (C=O) groups excluding carboxylic acids is 4. The number of hydrogen-bond donors (Lipinski definition) is 0. The van der Waals surface area contributed by atoms with E-state index < -0.39 is 69.3 Å². The van der Waals surface area contributed by atoms with Crippen molar-refractivity contribution in [1.29, 1.82) is 0 Å². The molecule has 0 aliphatic rings. The zero-order chi connectivity index (χ0) is 34.8. The first-order valence-corrected chi connectivity index (χ1v) is 14.0. The predicted octanol–water partition coefficient (Wildman–Crippen LogP) is 6.57. The highest BCUT2D eigenvalue weighted by Gasteiger charge is 2.34. The number of allylic oxidation sites excluding steroid dienone is 1. The molecule has 0 aliphatic carbocycles. The molecule has 0 amide bonds. The average molecular weight is 678 g/mol. The fourth-order valence-corrected chi connectivity index (χ4v) is 3.63. The third-order valence-electron chi connectivity index (χ3n) is 4.70. The monoisotopic (exact) mass is 677 g/mol. The van der Waals surface area contributed by atoms with Gasteiger partial charge in [-0.25, -0.2) is 4.79 Å². The molecule has 10 nitrogen and oxygen atoms in total. The van der Waals surface area contributed by atoms with Crippen molar-refractivity contribution in [2.45, 2.75) is 55.7 Å². The Morgan fingerprint density at radius 3 is 1.93 bits per heavy atom. The fraction of sp³-hybridized carbons (Fsp3) is 0.367. The van der Waals surface area contributed by atoms with Crippen LogP contribution in [0.25, 0.3) is 0 Å². The van der Waals surface area contributed by atoms with Crippen LogP contribution in [0.2, 0.25) is 0 Å².